The summed E-state index contributed by atoms with van der Waals surface area (Å²) in [6.45, 7) is 0.949. The Morgan fingerprint density at radius 2 is 1.58 bits per heavy atom. The van der Waals surface area contributed by atoms with E-state index in [2.05, 4.69) is 0 Å². The fourth-order valence-electron chi connectivity index (χ4n) is 3.85. The topological polar surface area (TPSA) is 174 Å². The zero-order chi connectivity index (χ0) is 22.6. The molecule has 0 amide bonds. The van der Waals surface area contributed by atoms with Crippen LogP contribution in [0.4, 0.5) is 0 Å². The van der Waals surface area contributed by atoms with Crippen molar-refractivity contribution in [1.29, 1.82) is 0 Å². The number of benzene rings is 2. The van der Waals surface area contributed by atoms with Crippen molar-refractivity contribution >= 4 is 11.6 Å². The fraction of sp³-hybridized carbons (Fsp3) is 0.333. The Hall–Kier alpha value is -3.02. The number of carbonyl (C=O) groups is 2. The number of carbonyl (C=O) groups excluding carboxylic acids is 2. The number of rotatable bonds is 3. The lowest BCUT2D eigenvalue weighted by molar-refractivity contribution is -0.277. The summed E-state index contributed by atoms with van der Waals surface area (Å²) in [5, 5.41) is 59.8. The number of aryl methyl sites for hydroxylation is 1. The number of ether oxygens (including phenoxy) is 2. The van der Waals surface area contributed by atoms with Crippen LogP contribution in [-0.4, -0.2) is 79.5 Å². The van der Waals surface area contributed by atoms with Crippen molar-refractivity contribution in [2.45, 2.75) is 37.6 Å². The van der Waals surface area contributed by atoms with Gasteiger partial charge >= 0.3 is 0 Å². The highest BCUT2D eigenvalue weighted by Crippen LogP contribution is 2.40. The molecule has 0 aromatic heterocycles. The van der Waals surface area contributed by atoms with E-state index >= 15 is 0 Å². The molecule has 10 heteroatoms. The lowest BCUT2D eigenvalue weighted by atomic mass is 9.82. The molecule has 2 aromatic rings. The number of ketones is 2. The van der Waals surface area contributed by atoms with E-state index in [1.165, 1.54) is 12.1 Å². The van der Waals surface area contributed by atoms with Crippen LogP contribution in [0.25, 0.3) is 0 Å². The second kappa shape index (κ2) is 7.59. The average Bonchev–Trinajstić information content (AvgIpc) is 2.71. The largest absolute Gasteiger partial charge is 0.508 e. The van der Waals surface area contributed by atoms with Crippen LogP contribution in [0.1, 0.15) is 37.4 Å². The molecule has 10 nitrogen and oxygen atoms in total. The molecule has 164 valence electrons. The maximum absolute atomic E-state index is 13.2. The van der Waals surface area contributed by atoms with E-state index in [0.29, 0.717) is 5.56 Å². The molecule has 1 saturated heterocycles. The quantitative estimate of drug-likeness (QED) is 0.312. The Labute approximate surface area is 175 Å². The molecule has 1 fully saturated rings. The summed E-state index contributed by atoms with van der Waals surface area (Å²) in [6, 6.07) is 4.87. The molecule has 2 aromatic carbocycles. The van der Waals surface area contributed by atoms with Gasteiger partial charge in [-0.2, -0.15) is 0 Å². The van der Waals surface area contributed by atoms with Crippen LogP contribution in [0.5, 0.6) is 17.2 Å². The van der Waals surface area contributed by atoms with Crippen molar-refractivity contribution in [3.05, 3.63) is 52.1 Å². The zero-order valence-corrected chi connectivity index (χ0v) is 16.2. The van der Waals surface area contributed by atoms with E-state index in [1.54, 1.807) is 6.92 Å². The van der Waals surface area contributed by atoms with Crippen LogP contribution < -0.4 is 4.74 Å². The number of phenols is 2. The first kappa shape index (κ1) is 21.2. The van der Waals surface area contributed by atoms with Gasteiger partial charge in [0.15, 0.2) is 5.78 Å². The summed E-state index contributed by atoms with van der Waals surface area (Å²) in [5.74, 6) is -2.53. The van der Waals surface area contributed by atoms with E-state index in [0.717, 1.165) is 12.1 Å². The molecule has 0 spiro atoms. The molecule has 0 radical (unpaired) electrons. The van der Waals surface area contributed by atoms with Gasteiger partial charge in [0.2, 0.25) is 12.1 Å². The summed E-state index contributed by atoms with van der Waals surface area (Å²) in [7, 11) is 0. The lowest BCUT2D eigenvalue weighted by Crippen LogP contribution is -2.60. The minimum absolute atomic E-state index is 0.0283. The second-order valence-corrected chi connectivity index (χ2v) is 7.55. The summed E-state index contributed by atoms with van der Waals surface area (Å²) in [6.07, 6.45) is -8.02. The first-order chi connectivity index (χ1) is 14.6. The van der Waals surface area contributed by atoms with Gasteiger partial charge in [-0.15, -0.1) is 0 Å². The summed E-state index contributed by atoms with van der Waals surface area (Å²) >= 11 is 0. The Morgan fingerprint density at radius 3 is 2.26 bits per heavy atom. The number of phenolic OH excluding ortho intramolecular Hbond substituents is 2. The van der Waals surface area contributed by atoms with Crippen molar-refractivity contribution in [3.63, 3.8) is 0 Å². The van der Waals surface area contributed by atoms with Gasteiger partial charge in [0.1, 0.15) is 41.7 Å². The molecule has 5 atom stereocenters. The highest BCUT2D eigenvalue weighted by molar-refractivity contribution is 6.30. The molecule has 31 heavy (non-hydrogen) atoms. The lowest BCUT2D eigenvalue weighted by Gasteiger charge is -2.39. The molecule has 4 rings (SSSR count). The van der Waals surface area contributed by atoms with Gasteiger partial charge in [-0.05, 0) is 30.7 Å². The maximum Gasteiger partial charge on any atom is 0.229 e. The third-order valence-corrected chi connectivity index (χ3v) is 5.38. The first-order valence-electron chi connectivity index (χ1n) is 9.41. The molecule has 6 N–H and O–H groups in total. The van der Waals surface area contributed by atoms with Crippen LogP contribution in [0.2, 0.25) is 0 Å². The third kappa shape index (κ3) is 3.34. The van der Waals surface area contributed by atoms with Crippen LogP contribution >= 0.6 is 0 Å². The minimum Gasteiger partial charge on any atom is -0.508 e. The predicted octanol–water partition coefficient (Wildman–Crippen LogP) is -0.640. The standard InChI is InChI=1S/C21H20O10/c1-7-2-9-14(11(24)3-7)18(27)15-10(16(9)25)4-8(23)5-12(15)30-21-20(29)19(28)17(26)13(6-22)31-21/h2-5,13,17,19-24,26,28-29H,6H2,1H3/t13-,17-,19-,20-,21-/m0/s1. The average molecular weight is 432 g/mol. The van der Waals surface area contributed by atoms with Gasteiger partial charge in [-0.3, -0.25) is 9.59 Å². The predicted molar refractivity (Wildman–Crippen MR) is 102 cm³/mol. The smallest absolute Gasteiger partial charge is 0.229 e. The SMILES string of the molecule is Cc1cc(O)c2c(c1)C(=O)c1cc(O)cc(O[C@H]3O[C@@H](CO)[C@H](O)[C@H](O)[C@@H]3O)c1C2=O. The van der Waals surface area contributed by atoms with E-state index in [-0.39, 0.29) is 28.0 Å². The maximum atomic E-state index is 13.2. The number of hydrogen-bond donors (Lipinski definition) is 6. The van der Waals surface area contributed by atoms with Gasteiger partial charge in [0.25, 0.3) is 0 Å². The van der Waals surface area contributed by atoms with E-state index < -0.39 is 60.4 Å². The van der Waals surface area contributed by atoms with E-state index in [1.807, 2.05) is 0 Å². The second-order valence-electron chi connectivity index (χ2n) is 7.55. The molecular formula is C21H20O10. The number of hydrogen-bond acceptors (Lipinski definition) is 10. The Bertz CT molecular complexity index is 1080. The highest BCUT2D eigenvalue weighted by atomic mass is 16.7. The van der Waals surface area contributed by atoms with Gasteiger partial charge in [0, 0.05) is 17.2 Å². The minimum atomic E-state index is -1.77. The molecular weight excluding hydrogens is 412 g/mol. The normalized spacial score (nSPS) is 27.6. The van der Waals surface area contributed by atoms with E-state index in [9.17, 15) is 40.2 Å². The van der Waals surface area contributed by atoms with Crippen LogP contribution in [0, 0.1) is 6.92 Å². The highest BCUT2D eigenvalue weighted by Gasteiger charge is 2.45. The number of fused-ring (bicyclic) bond motifs is 2. The summed E-state index contributed by atoms with van der Waals surface area (Å²) in [5.41, 5.74) is -0.154. The Balaban J connectivity index is 1.79. The van der Waals surface area contributed by atoms with Gasteiger partial charge in [-0.1, -0.05) is 0 Å². The molecule has 2 aliphatic rings. The van der Waals surface area contributed by atoms with Crippen molar-refractivity contribution in [2.24, 2.45) is 0 Å². The molecule has 0 saturated carbocycles. The van der Waals surface area contributed by atoms with Crippen molar-refractivity contribution < 1.29 is 49.7 Å². The zero-order valence-electron chi connectivity index (χ0n) is 16.2. The number of aromatic hydroxyl groups is 2. The Kier molecular flexibility index (Phi) is 5.20. The van der Waals surface area contributed by atoms with Crippen molar-refractivity contribution in [1.82, 2.24) is 0 Å². The van der Waals surface area contributed by atoms with Gasteiger partial charge in [-0.25, -0.2) is 0 Å². The molecule has 0 unspecified atom stereocenters. The molecule has 0 bridgehead atoms. The molecule has 1 aliphatic carbocycles. The fourth-order valence-corrected chi connectivity index (χ4v) is 3.85. The number of aliphatic hydroxyl groups excluding tert-OH is 4. The van der Waals surface area contributed by atoms with Crippen LogP contribution in [-0.2, 0) is 4.74 Å². The van der Waals surface area contributed by atoms with Gasteiger partial charge < -0.3 is 40.1 Å². The van der Waals surface area contributed by atoms with Crippen LogP contribution in [0.3, 0.4) is 0 Å². The first-order valence-corrected chi connectivity index (χ1v) is 9.41. The van der Waals surface area contributed by atoms with Crippen LogP contribution in [0.15, 0.2) is 24.3 Å². The Morgan fingerprint density at radius 1 is 0.903 bits per heavy atom. The third-order valence-electron chi connectivity index (χ3n) is 5.38. The van der Waals surface area contributed by atoms with Crippen molar-refractivity contribution in [3.8, 4) is 17.2 Å². The number of aliphatic hydroxyl groups is 4. The van der Waals surface area contributed by atoms with E-state index in [4.69, 9.17) is 9.47 Å². The summed E-state index contributed by atoms with van der Waals surface area (Å²) < 4.78 is 10.8. The summed E-state index contributed by atoms with van der Waals surface area (Å²) in [4.78, 5) is 26.2. The monoisotopic (exact) mass is 432 g/mol. The molecule has 1 aliphatic heterocycles. The van der Waals surface area contributed by atoms with Gasteiger partial charge in [0.05, 0.1) is 17.7 Å². The molecule has 1 heterocycles. The van der Waals surface area contributed by atoms with Crippen molar-refractivity contribution in [2.75, 3.05) is 6.61 Å².